The van der Waals surface area contributed by atoms with Crippen molar-refractivity contribution in [1.29, 1.82) is 0 Å². The number of rotatable bonds is 9. The van der Waals surface area contributed by atoms with Gasteiger partial charge in [-0.25, -0.2) is 4.79 Å². The van der Waals surface area contributed by atoms with Gasteiger partial charge in [0.25, 0.3) is 0 Å². The van der Waals surface area contributed by atoms with Crippen molar-refractivity contribution in [3.63, 3.8) is 0 Å². The number of cyclic esters (lactones) is 1. The summed E-state index contributed by atoms with van der Waals surface area (Å²) >= 11 is 0. The van der Waals surface area contributed by atoms with Crippen LogP contribution >= 0.6 is 0 Å². The van der Waals surface area contributed by atoms with Crippen molar-refractivity contribution in [1.82, 2.24) is 24.5 Å². The first-order valence-electron chi connectivity index (χ1n) is 11.7. The minimum Gasteiger partial charge on any atom is -0.480 e. The Morgan fingerprint density at radius 2 is 1.50 bits per heavy atom. The number of amides is 1. The molecule has 0 saturated carbocycles. The van der Waals surface area contributed by atoms with Gasteiger partial charge in [-0.05, 0) is 5.56 Å². The molecule has 1 unspecified atom stereocenters. The Hall–Kier alpha value is -2.20. The van der Waals surface area contributed by atoms with Gasteiger partial charge in [0.15, 0.2) is 0 Å². The molecule has 3 aliphatic heterocycles. The number of nitrogens with zero attached hydrogens (tertiary/aromatic N) is 5. The second kappa shape index (κ2) is 11.1. The number of ether oxygens (including phenoxy) is 1. The summed E-state index contributed by atoms with van der Waals surface area (Å²) in [6, 6.07) is 10.6. The molecule has 1 aromatic carbocycles. The number of aliphatic carboxylic acids is 1. The Kier molecular flexibility index (Phi) is 7.96. The van der Waals surface area contributed by atoms with Gasteiger partial charge in [-0.15, -0.1) is 0 Å². The molecule has 3 aliphatic rings. The molecule has 1 N–H and O–H groups in total. The lowest BCUT2D eigenvalue weighted by atomic mass is 10.2. The molecule has 0 radical (unpaired) electrons. The van der Waals surface area contributed by atoms with Crippen molar-refractivity contribution in [2.24, 2.45) is 0 Å². The number of piperazine rings is 2. The van der Waals surface area contributed by atoms with E-state index in [1.807, 2.05) is 9.80 Å². The number of carboxylic acids is 1. The van der Waals surface area contributed by atoms with E-state index < -0.39 is 5.97 Å². The summed E-state index contributed by atoms with van der Waals surface area (Å²) < 4.78 is 5.60. The third-order valence-corrected chi connectivity index (χ3v) is 6.64. The maximum Gasteiger partial charge on any atom is 0.410 e. The van der Waals surface area contributed by atoms with E-state index in [1.54, 1.807) is 0 Å². The highest BCUT2D eigenvalue weighted by Crippen LogP contribution is 2.15. The normalized spacial score (nSPS) is 24.1. The number of hydrogen-bond acceptors (Lipinski definition) is 7. The molecule has 1 atom stereocenters. The van der Waals surface area contributed by atoms with Crippen LogP contribution in [0.5, 0.6) is 0 Å². The molecule has 3 heterocycles. The Labute approximate surface area is 190 Å². The fourth-order valence-electron chi connectivity index (χ4n) is 4.74. The second-order valence-electron chi connectivity index (χ2n) is 9.03. The first-order chi connectivity index (χ1) is 15.5. The van der Waals surface area contributed by atoms with Crippen LogP contribution in [0.25, 0.3) is 0 Å². The van der Waals surface area contributed by atoms with Crippen LogP contribution in [0, 0.1) is 0 Å². The van der Waals surface area contributed by atoms with Gasteiger partial charge in [0, 0.05) is 78.5 Å². The first kappa shape index (κ1) is 23.0. The predicted octanol–water partition coefficient (Wildman–Crippen LogP) is 0.327. The lowest BCUT2D eigenvalue weighted by Gasteiger charge is -2.35. The highest BCUT2D eigenvalue weighted by Gasteiger charge is 2.33. The van der Waals surface area contributed by atoms with Crippen LogP contribution in [0.4, 0.5) is 4.79 Å². The van der Waals surface area contributed by atoms with Gasteiger partial charge in [0.05, 0.1) is 13.1 Å². The highest BCUT2D eigenvalue weighted by molar-refractivity contribution is 5.70. The standard InChI is InChI=1S/C23H35N5O4/c29-22(30)19-27-12-10-26(11-13-27)17-21-18-28(23(31)32-21)15-14-24-6-8-25(9-7-24)16-20-4-2-1-3-5-20/h1-5,21H,6-19H2,(H,29,30). The van der Waals surface area contributed by atoms with E-state index in [2.05, 4.69) is 45.0 Å². The fraction of sp³-hybridized carbons (Fsp3) is 0.652. The zero-order chi connectivity index (χ0) is 22.3. The molecule has 9 heteroatoms. The Morgan fingerprint density at radius 3 is 2.19 bits per heavy atom. The number of benzene rings is 1. The average Bonchev–Trinajstić information content (AvgIpc) is 3.14. The minimum atomic E-state index is -0.781. The van der Waals surface area contributed by atoms with Crippen molar-refractivity contribution in [2.75, 3.05) is 85.1 Å². The molecular formula is C23H35N5O4. The lowest BCUT2D eigenvalue weighted by Crippen LogP contribution is -2.50. The summed E-state index contributed by atoms with van der Waals surface area (Å²) in [6.45, 7) is 11.3. The van der Waals surface area contributed by atoms with E-state index in [0.717, 1.165) is 72.0 Å². The summed E-state index contributed by atoms with van der Waals surface area (Å²) in [6.07, 6.45) is -0.307. The van der Waals surface area contributed by atoms with Crippen LogP contribution in [0.3, 0.4) is 0 Å². The molecule has 3 fully saturated rings. The molecular weight excluding hydrogens is 410 g/mol. The molecule has 0 aromatic heterocycles. The van der Waals surface area contributed by atoms with Gasteiger partial charge < -0.3 is 14.7 Å². The van der Waals surface area contributed by atoms with Crippen molar-refractivity contribution in [3.05, 3.63) is 35.9 Å². The smallest absolute Gasteiger partial charge is 0.410 e. The van der Waals surface area contributed by atoms with Gasteiger partial charge >= 0.3 is 12.1 Å². The SMILES string of the molecule is O=C(O)CN1CCN(CC2CN(CCN3CCN(Cc4ccccc4)CC3)C(=O)O2)CC1. The van der Waals surface area contributed by atoms with E-state index in [0.29, 0.717) is 13.1 Å². The quantitative estimate of drug-likeness (QED) is 0.583. The topological polar surface area (TPSA) is 79.8 Å². The van der Waals surface area contributed by atoms with Crippen molar-refractivity contribution in [2.45, 2.75) is 12.6 Å². The monoisotopic (exact) mass is 445 g/mol. The van der Waals surface area contributed by atoms with Crippen LogP contribution < -0.4 is 0 Å². The van der Waals surface area contributed by atoms with Crippen LogP contribution in [0.2, 0.25) is 0 Å². The first-order valence-corrected chi connectivity index (χ1v) is 11.7. The molecule has 4 rings (SSSR count). The predicted molar refractivity (Wildman–Crippen MR) is 121 cm³/mol. The second-order valence-corrected chi connectivity index (χ2v) is 9.03. The molecule has 1 amide bonds. The van der Waals surface area contributed by atoms with E-state index in [4.69, 9.17) is 9.84 Å². The summed E-state index contributed by atoms with van der Waals surface area (Å²) in [7, 11) is 0. The third kappa shape index (κ3) is 6.65. The summed E-state index contributed by atoms with van der Waals surface area (Å²) in [5.74, 6) is -0.781. The molecule has 3 saturated heterocycles. The fourth-order valence-corrected chi connectivity index (χ4v) is 4.74. The molecule has 0 bridgehead atoms. The van der Waals surface area contributed by atoms with Gasteiger partial charge in [0.1, 0.15) is 6.10 Å². The van der Waals surface area contributed by atoms with Gasteiger partial charge in [0.2, 0.25) is 0 Å². The minimum absolute atomic E-state index is 0.0978. The highest BCUT2D eigenvalue weighted by atomic mass is 16.6. The van der Waals surface area contributed by atoms with Gasteiger partial charge in [-0.1, -0.05) is 30.3 Å². The number of carbonyl (C=O) groups excluding carboxylic acids is 1. The molecule has 1 aromatic rings. The van der Waals surface area contributed by atoms with E-state index in [1.165, 1.54) is 5.56 Å². The maximum atomic E-state index is 12.3. The zero-order valence-corrected chi connectivity index (χ0v) is 18.8. The van der Waals surface area contributed by atoms with Crippen molar-refractivity contribution in [3.8, 4) is 0 Å². The summed E-state index contributed by atoms with van der Waals surface area (Å²) in [5.41, 5.74) is 1.36. The third-order valence-electron chi connectivity index (χ3n) is 6.64. The molecule has 32 heavy (non-hydrogen) atoms. The summed E-state index contributed by atoms with van der Waals surface area (Å²) in [5, 5.41) is 8.91. The Morgan fingerprint density at radius 1 is 0.875 bits per heavy atom. The maximum absolute atomic E-state index is 12.3. The summed E-state index contributed by atoms with van der Waals surface area (Å²) in [4.78, 5) is 34.1. The molecule has 9 nitrogen and oxygen atoms in total. The molecule has 0 spiro atoms. The van der Waals surface area contributed by atoms with E-state index in [9.17, 15) is 9.59 Å². The molecule has 176 valence electrons. The number of hydrogen-bond donors (Lipinski definition) is 1. The van der Waals surface area contributed by atoms with E-state index in [-0.39, 0.29) is 18.7 Å². The molecule has 0 aliphatic carbocycles. The zero-order valence-electron chi connectivity index (χ0n) is 18.8. The number of carbonyl (C=O) groups is 2. The van der Waals surface area contributed by atoms with Crippen molar-refractivity contribution < 1.29 is 19.4 Å². The largest absolute Gasteiger partial charge is 0.480 e. The Bertz CT molecular complexity index is 748. The lowest BCUT2D eigenvalue weighted by molar-refractivity contribution is -0.138. The Balaban J connectivity index is 1.12. The van der Waals surface area contributed by atoms with Gasteiger partial charge in [-0.2, -0.15) is 0 Å². The average molecular weight is 446 g/mol. The van der Waals surface area contributed by atoms with E-state index >= 15 is 0 Å². The number of carboxylic acid groups (broad SMARTS) is 1. The van der Waals surface area contributed by atoms with Crippen LogP contribution in [-0.4, -0.2) is 133 Å². The van der Waals surface area contributed by atoms with Crippen LogP contribution in [0.15, 0.2) is 30.3 Å². The van der Waals surface area contributed by atoms with Crippen LogP contribution in [-0.2, 0) is 16.1 Å². The van der Waals surface area contributed by atoms with Gasteiger partial charge in [-0.3, -0.25) is 24.4 Å². The van der Waals surface area contributed by atoms with Crippen LogP contribution in [0.1, 0.15) is 5.56 Å². The van der Waals surface area contributed by atoms with Crippen molar-refractivity contribution >= 4 is 12.1 Å².